The number of hydrogen-bond acceptors (Lipinski definition) is 9. The Bertz CT molecular complexity index is 1350. The van der Waals surface area contributed by atoms with Crippen molar-refractivity contribution in [3.05, 3.63) is 28.8 Å². The Morgan fingerprint density at radius 2 is 1.12 bits per heavy atom. The number of ether oxygens (including phenoxy) is 4. The lowest BCUT2D eigenvalue weighted by Gasteiger charge is -2.54. The highest BCUT2D eigenvalue weighted by molar-refractivity contribution is 5.95. The molecule has 2 fully saturated rings. The molecule has 2 saturated heterocycles. The van der Waals surface area contributed by atoms with Crippen LogP contribution in [0.5, 0.6) is 5.75 Å². The number of carbonyl (C=O) groups is 4. The number of aromatic hydroxyl groups is 1. The van der Waals surface area contributed by atoms with E-state index in [-0.39, 0.29) is 30.8 Å². The van der Waals surface area contributed by atoms with Crippen LogP contribution in [0.15, 0.2) is 12.1 Å². The summed E-state index contributed by atoms with van der Waals surface area (Å²) >= 11 is 0. The number of esters is 2. The second-order valence-corrected chi connectivity index (χ2v) is 17.6. The molecule has 2 heterocycles. The van der Waals surface area contributed by atoms with Gasteiger partial charge in [-0.2, -0.15) is 0 Å². The topological polar surface area (TPSA) is 132 Å². The van der Waals surface area contributed by atoms with Gasteiger partial charge in [0.05, 0.1) is 13.2 Å². The normalized spacial score (nSPS) is 20.1. The van der Waals surface area contributed by atoms with Crippen molar-refractivity contribution < 1.29 is 43.2 Å². The number of likely N-dealkylation sites (tertiary alicyclic amines) is 2. The van der Waals surface area contributed by atoms with Crippen molar-refractivity contribution in [1.82, 2.24) is 9.80 Å². The molecule has 1 N–H and O–H groups in total. The van der Waals surface area contributed by atoms with Gasteiger partial charge in [-0.3, -0.25) is 19.4 Å². The van der Waals surface area contributed by atoms with Crippen LogP contribution in [0.4, 0.5) is 9.59 Å². The molecule has 2 amide bonds. The van der Waals surface area contributed by atoms with Crippen LogP contribution in [0.1, 0.15) is 139 Å². The first-order valence-corrected chi connectivity index (χ1v) is 18.5. The Morgan fingerprint density at radius 1 is 0.745 bits per heavy atom. The lowest BCUT2D eigenvalue weighted by atomic mass is 9.78. The number of carbonyl (C=O) groups excluding carboxylic acids is 4. The Morgan fingerprint density at radius 3 is 1.45 bits per heavy atom. The smallest absolute Gasteiger partial charge is 0.410 e. The van der Waals surface area contributed by atoms with Gasteiger partial charge in [-0.05, 0) is 106 Å². The van der Waals surface area contributed by atoms with E-state index >= 15 is 0 Å². The molecule has 0 saturated carbocycles. The van der Waals surface area contributed by atoms with Gasteiger partial charge in [-0.25, -0.2) is 9.59 Å². The summed E-state index contributed by atoms with van der Waals surface area (Å²) < 4.78 is 23.1. The van der Waals surface area contributed by atoms with Gasteiger partial charge in [0.1, 0.15) is 18.0 Å². The molecule has 0 atom stereocenters. The summed E-state index contributed by atoms with van der Waals surface area (Å²) in [5, 5.41) is 11.0. The van der Waals surface area contributed by atoms with Gasteiger partial charge < -0.3 is 24.1 Å². The van der Waals surface area contributed by atoms with E-state index in [1.807, 2.05) is 89.2 Å². The zero-order chi connectivity index (χ0) is 38.9. The monoisotopic (exact) mass is 716 g/mol. The molecule has 0 aromatic heterocycles. The fraction of sp³-hybridized carbons (Fsp3) is 0.750. The Labute approximate surface area is 305 Å². The van der Waals surface area contributed by atoms with Crippen molar-refractivity contribution in [1.29, 1.82) is 0 Å². The second-order valence-electron chi connectivity index (χ2n) is 17.6. The Hall–Kier alpha value is -3.50. The molecule has 3 rings (SSSR count). The third kappa shape index (κ3) is 9.30. The summed E-state index contributed by atoms with van der Waals surface area (Å²) in [7, 11) is 0. The molecule has 11 heteroatoms. The van der Waals surface area contributed by atoms with Crippen molar-refractivity contribution in [2.75, 3.05) is 13.2 Å². The van der Waals surface area contributed by atoms with Gasteiger partial charge in [-0.15, -0.1) is 0 Å². The molecule has 0 bridgehead atoms. The summed E-state index contributed by atoms with van der Waals surface area (Å²) in [6, 6.07) is 3.67. The van der Waals surface area contributed by atoms with Crippen molar-refractivity contribution >= 4 is 24.1 Å². The lowest BCUT2D eigenvalue weighted by molar-refractivity contribution is -0.176. The molecule has 1 aromatic carbocycles. The van der Waals surface area contributed by atoms with Crippen molar-refractivity contribution in [2.24, 2.45) is 5.92 Å². The average molecular weight is 717 g/mol. The molecular formula is C40H64N2O9. The molecular weight excluding hydrogens is 652 g/mol. The number of amides is 2. The number of rotatable bonds is 10. The van der Waals surface area contributed by atoms with Crippen molar-refractivity contribution in [3.63, 3.8) is 0 Å². The van der Waals surface area contributed by atoms with E-state index < -0.39 is 64.4 Å². The zero-order valence-corrected chi connectivity index (χ0v) is 33.7. The number of aryl methyl sites for hydroxylation is 1. The number of phenolic OH excluding ortho intramolecular Hbond substituents is 1. The fourth-order valence-electron chi connectivity index (χ4n) is 8.58. The quantitative estimate of drug-likeness (QED) is 0.145. The first-order valence-electron chi connectivity index (χ1n) is 18.5. The van der Waals surface area contributed by atoms with E-state index in [4.69, 9.17) is 18.9 Å². The van der Waals surface area contributed by atoms with Crippen LogP contribution < -0.4 is 0 Å². The van der Waals surface area contributed by atoms with Crippen LogP contribution in [-0.2, 0) is 40.4 Å². The highest BCUT2D eigenvalue weighted by atomic mass is 16.6. The molecule has 1 aromatic rings. The van der Waals surface area contributed by atoms with E-state index in [0.717, 1.165) is 12.0 Å². The molecule has 51 heavy (non-hydrogen) atoms. The summed E-state index contributed by atoms with van der Waals surface area (Å²) in [4.78, 5) is 57.9. The van der Waals surface area contributed by atoms with Gasteiger partial charge in [-0.1, -0.05) is 32.9 Å². The van der Waals surface area contributed by atoms with Crippen molar-refractivity contribution in [2.45, 2.75) is 175 Å². The third-order valence-electron chi connectivity index (χ3n) is 10.8. The molecule has 2 aliphatic rings. The number of piperidine rings is 2. The van der Waals surface area contributed by atoms with Gasteiger partial charge >= 0.3 is 24.1 Å². The van der Waals surface area contributed by atoms with Gasteiger partial charge in [0, 0.05) is 53.4 Å². The molecule has 11 nitrogen and oxygen atoms in total. The van der Waals surface area contributed by atoms with Crippen LogP contribution in [0.25, 0.3) is 0 Å². The van der Waals surface area contributed by atoms with Crippen molar-refractivity contribution in [3.8, 4) is 5.75 Å². The first kappa shape index (κ1) is 41.9. The Balaban J connectivity index is 1.98. The van der Waals surface area contributed by atoms with Crippen LogP contribution in [0.2, 0.25) is 0 Å². The molecule has 0 unspecified atom stereocenters. The summed E-state index contributed by atoms with van der Waals surface area (Å²) in [6.07, 6.45) is 0.178. The van der Waals surface area contributed by atoms with Crippen LogP contribution in [-0.4, -0.2) is 86.6 Å². The molecule has 288 valence electrons. The minimum Gasteiger partial charge on any atom is -0.507 e. The van der Waals surface area contributed by atoms with Gasteiger partial charge in [0.25, 0.3) is 0 Å². The number of benzene rings is 1. The van der Waals surface area contributed by atoms with E-state index in [2.05, 4.69) is 0 Å². The van der Waals surface area contributed by atoms with E-state index in [0.29, 0.717) is 36.8 Å². The van der Waals surface area contributed by atoms with Gasteiger partial charge in [0.2, 0.25) is 0 Å². The van der Waals surface area contributed by atoms with E-state index in [9.17, 15) is 24.3 Å². The Kier molecular flexibility index (Phi) is 12.5. The van der Waals surface area contributed by atoms with Crippen LogP contribution in [0, 0.1) is 12.8 Å². The van der Waals surface area contributed by atoms with E-state index in [1.165, 1.54) is 0 Å². The number of phenols is 1. The zero-order valence-electron chi connectivity index (χ0n) is 33.7. The van der Waals surface area contributed by atoms with Crippen LogP contribution in [0.3, 0.4) is 0 Å². The standard InChI is InChI=1S/C40H64N2O9/c1-15-36(5,6)30-20-26(18-25(4)31(30)43)19-29(32(44)50-27-21-37(7,8)41(34(46)48-16-2)38(9,10)22-27)33(45)51-28-23-39(11,12)42(35(47)49-17-3)40(13,14)24-28/h18,20,27-29,43H,15-17,19,21-24H2,1-14H3. The minimum atomic E-state index is -1.30. The molecule has 0 spiro atoms. The third-order valence-corrected chi connectivity index (χ3v) is 10.8. The maximum Gasteiger partial charge on any atom is 0.410 e. The average Bonchev–Trinajstić information content (AvgIpc) is 2.94. The molecule has 0 aliphatic carbocycles. The largest absolute Gasteiger partial charge is 0.507 e. The highest BCUT2D eigenvalue weighted by Crippen LogP contribution is 2.43. The lowest BCUT2D eigenvalue weighted by Crippen LogP contribution is -2.64. The predicted molar refractivity (Wildman–Crippen MR) is 196 cm³/mol. The summed E-state index contributed by atoms with van der Waals surface area (Å²) in [5.41, 5.74) is -1.06. The maximum absolute atomic E-state index is 14.2. The highest BCUT2D eigenvalue weighted by Gasteiger charge is 2.52. The summed E-state index contributed by atoms with van der Waals surface area (Å²) in [6.45, 7) is 27.3. The SMILES string of the molecule is CCOC(=O)N1C(C)(C)CC(OC(=O)C(Cc2cc(C)c(O)c(C(C)(C)CC)c2)C(=O)OC2CC(C)(C)N(C(=O)OCC)C(C)(C)C2)CC1(C)C. The van der Waals surface area contributed by atoms with Crippen LogP contribution >= 0.6 is 0 Å². The molecule has 2 aliphatic heterocycles. The predicted octanol–water partition coefficient (Wildman–Crippen LogP) is 7.99. The first-order chi connectivity index (χ1) is 23.3. The fourth-order valence-corrected chi connectivity index (χ4v) is 8.58. The maximum atomic E-state index is 14.2. The van der Waals surface area contributed by atoms with Gasteiger partial charge in [0.15, 0.2) is 5.92 Å². The molecule has 0 radical (unpaired) electrons. The summed E-state index contributed by atoms with van der Waals surface area (Å²) in [5.74, 6) is -2.51. The minimum absolute atomic E-state index is 0.00843. The van der Waals surface area contributed by atoms with E-state index in [1.54, 1.807) is 29.7 Å². The number of nitrogens with zero attached hydrogens (tertiary/aromatic N) is 2. The number of hydrogen-bond donors (Lipinski definition) is 1. The second kappa shape index (κ2) is 15.2.